The Bertz CT molecular complexity index is 192. The molecule has 3 nitrogen and oxygen atoms in total. The van der Waals surface area contributed by atoms with Gasteiger partial charge in [-0.05, 0) is 13.8 Å². The highest BCUT2D eigenvalue weighted by atomic mass is 19.4. The first-order valence-electron chi connectivity index (χ1n) is 4.88. The number of carbonyl (C=O) groups excluding carboxylic acids is 1. The summed E-state index contributed by atoms with van der Waals surface area (Å²) in [6.45, 7) is 3.79. The van der Waals surface area contributed by atoms with E-state index in [2.05, 4.69) is 10.6 Å². The molecule has 0 unspecified atom stereocenters. The van der Waals surface area contributed by atoms with Crippen LogP contribution in [0, 0.1) is 0 Å². The number of alkyl halides is 3. The summed E-state index contributed by atoms with van der Waals surface area (Å²) in [5.74, 6) is -0.149. The summed E-state index contributed by atoms with van der Waals surface area (Å²) < 4.78 is 35.1. The van der Waals surface area contributed by atoms with E-state index in [-0.39, 0.29) is 31.5 Å². The SMILES string of the molecule is CC(C)NC(=O)CCNCCC(F)(F)F. The van der Waals surface area contributed by atoms with E-state index in [0.29, 0.717) is 0 Å². The number of amides is 1. The lowest BCUT2D eigenvalue weighted by atomic mass is 10.3. The summed E-state index contributed by atoms with van der Waals surface area (Å²) in [4.78, 5) is 11.0. The summed E-state index contributed by atoms with van der Waals surface area (Å²) >= 11 is 0. The van der Waals surface area contributed by atoms with Crippen LogP contribution in [0.15, 0.2) is 0 Å². The summed E-state index contributed by atoms with van der Waals surface area (Å²) in [5, 5.41) is 5.21. The molecule has 0 heterocycles. The van der Waals surface area contributed by atoms with Gasteiger partial charge in [0.1, 0.15) is 0 Å². The first-order valence-corrected chi connectivity index (χ1v) is 4.88. The molecule has 0 saturated heterocycles. The molecule has 90 valence electrons. The van der Waals surface area contributed by atoms with E-state index >= 15 is 0 Å². The van der Waals surface area contributed by atoms with Crippen molar-refractivity contribution in [3.63, 3.8) is 0 Å². The predicted octanol–water partition coefficient (Wildman–Crippen LogP) is 1.44. The number of rotatable bonds is 6. The fourth-order valence-corrected chi connectivity index (χ4v) is 0.951. The normalized spacial score (nSPS) is 11.9. The van der Waals surface area contributed by atoms with Crippen molar-refractivity contribution in [3.8, 4) is 0 Å². The molecular formula is C9H17F3N2O. The van der Waals surface area contributed by atoms with Crippen molar-refractivity contribution < 1.29 is 18.0 Å². The van der Waals surface area contributed by atoms with E-state index in [4.69, 9.17) is 0 Å². The van der Waals surface area contributed by atoms with Gasteiger partial charge >= 0.3 is 6.18 Å². The van der Waals surface area contributed by atoms with Crippen LogP contribution in [0.1, 0.15) is 26.7 Å². The molecule has 0 spiro atoms. The van der Waals surface area contributed by atoms with Crippen LogP contribution < -0.4 is 10.6 Å². The molecule has 0 aliphatic carbocycles. The van der Waals surface area contributed by atoms with Crippen molar-refractivity contribution in [2.75, 3.05) is 13.1 Å². The minimum Gasteiger partial charge on any atom is -0.354 e. The topological polar surface area (TPSA) is 41.1 Å². The Kier molecular flexibility index (Phi) is 6.31. The smallest absolute Gasteiger partial charge is 0.354 e. The average Bonchev–Trinajstić information content (AvgIpc) is 1.99. The van der Waals surface area contributed by atoms with Crippen LogP contribution in [0.2, 0.25) is 0 Å². The number of hydrogen-bond acceptors (Lipinski definition) is 2. The third kappa shape index (κ3) is 11.1. The zero-order valence-electron chi connectivity index (χ0n) is 8.95. The van der Waals surface area contributed by atoms with Gasteiger partial charge in [-0.3, -0.25) is 4.79 Å². The molecule has 0 fully saturated rings. The minimum atomic E-state index is -4.13. The first kappa shape index (κ1) is 14.2. The van der Waals surface area contributed by atoms with Crippen LogP contribution in [-0.2, 0) is 4.79 Å². The summed E-state index contributed by atoms with van der Waals surface area (Å²) in [6.07, 6.45) is -4.79. The molecule has 15 heavy (non-hydrogen) atoms. The minimum absolute atomic E-state index is 0.0627. The molecule has 0 radical (unpaired) electrons. The monoisotopic (exact) mass is 226 g/mol. The lowest BCUT2D eigenvalue weighted by molar-refractivity contribution is -0.133. The summed E-state index contributed by atoms with van der Waals surface area (Å²) in [5.41, 5.74) is 0. The zero-order valence-corrected chi connectivity index (χ0v) is 8.95. The average molecular weight is 226 g/mol. The Morgan fingerprint density at radius 2 is 1.87 bits per heavy atom. The lowest BCUT2D eigenvalue weighted by Gasteiger charge is -2.09. The van der Waals surface area contributed by atoms with E-state index in [1.165, 1.54) is 0 Å². The largest absolute Gasteiger partial charge is 0.390 e. The molecule has 2 N–H and O–H groups in total. The molecule has 0 rings (SSSR count). The second-order valence-electron chi connectivity index (χ2n) is 3.59. The fourth-order valence-electron chi connectivity index (χ4n) is 0.951. The van der Waals surface area contributed by atoms with E-state index in [1.807, 2.05) is 13.8 Å². The van der Waals surface area contributed by atoms with Gasteiger partial charge in [0.05, 0.1) is 6.42 Å². The van der Waals surface area contributed by atoms with Crippen LogP contribution in [0.4, 0.5) is 13.2 Å². The standard InChI is InChI=1S/C9H17F3N2O/c1-7(2)14-8(15)3-5-13-6-4-9(10,11)12/h7,13H,3-6H2,1-2H3,(H,14,15). The summed E-state index contributed by atoms with van der Waals surface area (Å²) in [6, 6.07) is 0.0627. The van der Waals surface area contributed by atoms with Gasteiger partial charge in [-0.2, -0.15) is 13.2 Å². The molecular weight excluding hydrogens is 209 g/mol. The van der Waals surface area contributed by atoms with Crippen molar-refractivity contribution in [3.05, 3.63) is 0 Å². The maximum atomic E-state index is 11.7. The lowest BCUT2D eigenvalue weighted by Crippen LogP contribution is -2.33. The fraction of sp³-hybridized carbons (Fsp3) is 0.889. The number of carbonyl (C=O) groups is 1. The van der Waals surface area contributed by atoms with Gasteiger partial charge in [0.25, 0.3) is 0 Å². The van der Waals surface area contributed by atoms with E-state index in [0.717, 1.165) is 0 Å². The molecule has 0 aromatic heterocycles. The number of halogens is 3. The molecule has 0 bridgehead atoms. The predicted molar refractivity (Wildman–Crippen MR) is 51.4 cm³/mol. The quantitative estimate of drug-likeness (QED) is 0.673. The Labute approximate surface area is 87.4 Å². The van der Waals surface area contributed by atoms with Gasteiger partial charge in [0, 0.05) is 25.6 Å². The molecule has 1 amide bonds. The number of hydrogen-bond donors (Lipinski definition) is 2. The Morgan fingerprint density at radius 3 is 2.33 bits per heavy atom. The molecule has 6 heteroatoms. The van der Waals surface area contributed by atoms with Gasteiger partial charge in [0.2, 0.25) is 5.91 Å². The van der Waals surface area contributed by atoms with Crippen LogP contribution in [-0.4, -0.2) is 31.2 Å². The maximum Gasteiger partial charge on any atom is 0.390 e. The first-order chi connectivity index (χ1) is 6.81. The highest BCUT2D eigenvalue weighted by Gasteiger charge is 2.25. The van der Waals surface area contributed by atoms with Crippen molar-refractivity contribution in [1.82, 2.24) is 10.6 Å². The Balaban J connectivity index is 3.35. The van der Waals surface area contributed by atoms with Crippen molar-refractivity contribution in [2.24, 2.45) is 0 Å². The molecule has 0 aliphatic heterocycles. The van der Waals surface area contributed by atoms with E-state index in [9.17, 15) is 18.0 Å². The van der Waals surface area contributed by atoms with Gasteiger partial charge in [-0.25, -0.2) is 0 Å². The van der Waals surface area contributed by atoms with Gasteiger partial charge in [-0.1, -0.05) is 0 Å². The third-order valence-corrected chi connectivity index (χ3v) is 1.56. The van der Waals surface area contributed by atoms with Crippen molar-refractivity contribution >= 4 is 5.91 Å². The highest BCUT2D eigenvalue weighted by Crippen LogP contribution is 2.17. The molecule has 0 aromatic rings. The second-order valence-corrected chi connectivity index (χ2v) is 3.59. The van der Waals surface area contributed by atoms with Gasteiger partial charge in [-0.15, -0.1) is 0 Å². The molecule has 0 aliphatic rings. The molecule has 0 aromatic carbocycles. The van der Waals surface area contributed by atoms with Gasteiger partial charge in [0.15, 0.2) is 0 Å². The van der Waals surface area contributed by atoms with E-state index in [1.54, 1.807) is 0 Å². The van der Waals surface area contributed by atoms with E-state index < -0.39 is 12.6 Å². The van der Waals surface area contributed by atoms with Crippen LogP contribution >= 0.6 is 0 Å². The van der Waals surface area contributed by atoms with Crippen LogP contribution in [0.3, 0.4) is 0 Å². The van der Waals surface area contributed by atoms with Crippen LogP contribution in [0.25, 0.3) is 0 Å². The second kappa shape index (κ2) is 6.66. The van der Waals surface area contributed by atoms with Crippen molar-refractivity contribution in [2.45, 2.75) is 38.9 Å². The molecule has 0 atom stereocenters. The van der Waals surface area contributed by atoms with Gasteiger partial charge < -0.3 is 10.6 Å². The Morgan fingerprint density at radius 1 is 1.27 bits per heavy atom. The highest BCUT2D eigenvalue weighted by molar-refractivity contribution is 5.76. The third-order valence-electron chi connectivity index (χ3n) is 1.56. The zero-order chi connectivity index (χ0) is 11.9. The Hall–Kier alpha value is -0.780. The van der Waals surface area contributed by atoms with Crippen molar-refractivity contribution in [1.29, 1.82) is 0 Å². The van der Waals surface area contributed by atoms with Crippen LogP contribution in [0.5, 0.6) is 0 Å². The number of nitrogens with one attached hydrogen (secondary N) is 2. The summed E-state index contributed by atoms with van der Waals surface area (Å²) in [7, 11) is 0. The maximum absolute atomic E-state index is 11.7. The molecule has 0 saturated carbocycles.